The van der Waals surface area contributed by atoms with Crippen LogP contribution in [0.25, 0.3) is 0 Å². The molecule has 1 amide bonds. The van der Waals surface area contributed by atoms with Crippen LogP contribution >= 0.6 is 0 Å². The molecule has 0 aliphatic carbocycles. The molecular formula is C18H27N3O4S. The van der Waals surface area contributed by atoms with Crippen molar-refractivity contribution in [3.63, 3.8) is 0 Å². The van der Waals surface area contributed by atoms with Gasteiger partial charge in [0.25, 0.3) is 0 Å². The van der Waals surface area contributed by atoms with Gasteiger partial charge in [0.1, 0.15) is 0 Å². The lowest BCUT2D eigenvalue weighted by atomic mass is 9.86. The Kier molecular flexibility index (Phi) is 6.26. The van der Waals surface area contributed by atoms with Crippen LogP contribution < -0.4 is 5.32 Å². The number of amides is 1. The molecule has 1 atom stereocenters. The molecule has 1 aromatic rings. The quantitative estimate of drug-likeness (QED) is 0.831. The molecule has 8 heteroatoms. The van der Waals surface area contributed by atoms with Crippen molar-refractivity contribution in [1.29, 1.82) is 0 Å². The second kappa shape index (κ2) is 8.45. The van der Waals surface area contributed by atoms with Gasteiger partial charge in [0, 0.05) is 44.6 Å². The molecule has 0 radical (unpaired) electrons. The van der Waals surface area contributed by atoms with Crippen LogP contribution in [-0.4, -0.2) is 56.2 Å². The van der Waals surface area contributed by atoms with Crippen molar-refractivity contribution in [2.75, 3.05) is 32.6 Å². The molecule has 1 unspecified atom stereocenters. The second-order valence-corrected chi connectivity index (χ2v) is 9.14. The maximum Gasteiger partial charge on any atom is 0.223 e. The molecule has 2 aliphatic rings. The summed E-state index contributed by atoms with van der Waals surface area (Å²) in [6.45, 7) is 2.24. The lowest BCUT2D eigenvalue weighted by molar-refractivity contribution is -0.127. The average Bonchev–Trinajstić information content (AvgIpc) is 2.67. The van der Waals surface area contributed by atoms with E-state index >= 15 is 0 Å². The number of rotatable bonds is 5. The van der Waals surface area contributed by atoms with Crippen molar-refractivity contribution in [2.45, 2.75) is 31.7 Å². The number of ether oxygens (including phenoxy) is 1. The summed E-state index contributed by atoms with van der Waals surface area (Å²) in [5.41, 5.74) is 1.02. The maximum absolute atomic E-state index is 12.9. The van der Waals surface area contributed by atoms with E-state index in [9.17, 15) is 13.2 Å². The van der Waals surface area contributed by atoms with Crippen LogP contribution in [0.5, 0.6) is 0 Å². The minimum absolute atomic E-state index is 0.0125. The Balaban J connectivity index is 1.66. The molecule has 1 aromatic heterocycles. The fourth-order valence-corrected chi connectivity index (χ4v) is 4.68. The third-order valence-electron chi connectivity index (χ3n) is 5.37. The van der Waals surface area contributed by atoms with Crippen molar-refractivity contribution in [3.8, 4) is 0 Å². The molecule has 0 saturated carbocycles. The molecule has 7 nitrogen and oxygen atoms in total. The van der Waals surface area contributed by atoms with Crippen molar-refractivity contribution >= 4 is 15.9 Å². The zero-order valence-corrected chi connectivity index (χ0v) is 16.0. The highest BCUT2D eigenvalue weighted by Gasteiger charge is 2.32. The van der Waals surface area contributed by atoms with Crippen molar-refractivity contribution in [1.82, 2.24) is 14.6 Å². The van der Waals surface area contributed by atoms with E-state index in [1.165, 1.54) is 10.6 Å². The molecule has 2 saturated heterocycles. The van der Waals surface area contributed by atoms with Crippen LogP contribution in [0, 0.1) is 11.8 Å². The van der Waals surface area contributed by atoms with Gasteiger partial charge in [-0.25, -0.2) is 12.7 Å². The van der Waals surface area contributed by atoms with Gasteiger partial charge in [-0.15, -0.1) is 0 Å². The van der Waals surface area contributed by atoms with Gasteiger partial charge in [0.15, 0.2) is 0 Å². The van der Waals surface area contributed by atoms with Gasteiger partial charge in [0.2, 0.25) is 15.9 Å². The fraction of sp³-hybridized carbons (Fsp3) is 0.667. The Morgan fingerprint density at radius 3 is 2.54 bits per heavy atom. The highest BCUT2D eigenvalue weighted by atomic mass is 32.2. The fourth-order valence-electron chi connectivity index (χ4n) is 3.80. The summed E-state index contributed by atoms with van der Waals surface area (Å²) in [6.07, 6.45) is 7.70. The molecule has 0 spiro atoms. The third-order valence-corrected chi connectivity index (χ3v) is 6.68. The molecule has 3 heterocycles. The Morgan fingerprint density at radius 2 is 1.96 bits per heavy atom. The highest BCUT2D eigenvalue weighted by molar-refractivity contribution is 7.88. The van der Waals surface area contributed by atoms with Crippen LogP contribution in [0.15, 0.2) is 24.5 Å². The van der Waals surface area contributed by atoms with E-state index in [1.807, 2.05) is 18.3 Å². The van der Waals surface area contributed by atoms with E-state index < -0.39 is 10.0 Å². The Hall–Kier alpha value is -1.51. The van der Waals surface area contributed by atoms with Gasteiger partial charge < -0.3 is 10.1 Å². The van der Waals surface area contributed by atoms with E-state index in [2.05, 4.69) is 10.3 Å². The topological polar surface area (TPSA) is 88.6 Å². The summed E-state index contributed by atoms with van der Waals surface area (Å²) in [4.78, 5) is 17.1. The molecule has 0 aromatic carbocycles. The van der Waals surface area contributed by atoms with Crippen molar-refractivity contribution in [2.24, 2.45) is 11.8 Å². The van der Waals surface area contributed by atoms with Crippen LogP contribution in [0.4, 0.5) is 0 Å². The maximum atomic E-state index is 12.9. The standard InChI is InChI=1S/C18H27N3O4S/c1-26(23,24)21-9-4-15(5-10-21)18(22)20-17(14-6-11-25-12-7-14)16-3-2-8-19-13-16/h2-3,8,13-15,17H,4-7,9-12H2,1H3,(H,20,22). The Labute approximate surface area is 155 Å². The molecule has 26 heavy (non-hydrogen) atoms. The van der Waals surface area contributed by atoms with Crippen LogP contribution in [0.1, 0.15) is 37.3 Å². The van der Waals surface area contributed by atoms with E-state index in [1.54, 1.807) is 6.20 Å². The lowest BCUT2D eigenvalue weighted by Crippen LogP contribution is -2.44. The number of pyridine rings is 1. The molecule has 1 N–H and O–H groups in total. The molecular weight excluding hydrogens is 354 g/mol. The first kappa shape index (κ1) is 19.3. The molecule has 2 fully saturated rings. The van der Waals surface area contributed by atoms with Gasteiger partial charge >= 0.3 is 0 Å². The SMILES string of the molecule is CS(=O)(=O)N1CCC(C(=O)NC(c2cccnc2)C2CCOCC2)CC1. The summed E-state index contributed by atoms with van der Waals surface area (Å²) < 4.78 is 30.2. The smallest absolute Gasteiger partial charge is 0.223 e. The number of hydrogen-bond donors (Lipinski definition) is 1. The summed E-state index contributed by atoms with van der Waals surface area (Å²) in [7, 11) is -3.18. The highest BCUT2D eigenvalue weighted by Crippen LogP contribution is 2.31. The molecule has 144 valence electrons. The van der Waals surface area contributed by atoms with Gasteiger partial charge in [-0.1, -0.05) is 6.07 Å². The van der Waals surface area contributed by atoms with Crippen molar-refractivity contribution < 1.29 is 17.9 Å². The van der Waals surface area contributed by atoms with Gasteiger partial charge in [-0.3, -0.25) is 9.78 Å². The zero-order valence-electron chi connectivity index (χ0n) is 15.1. The predicted molar refractivity (Wildman–Crippen MR) is 97.8 cm³/mol. The predicted octanol–water partition coefficient (Wildman–Crippen LogP) is 1.34. The summed E-state index contributed by atoms with van der Waals surface area (Å²) in [5.74, 6) is 0.193. The van der Waals surface area contributed by atoms with E-state index in [0.29, 0.717) is 45.1 Å². The van der Waals surface area contributed by atoms with Gasteiger partial charge in [-0.2, -0.15) is 0 Å². The number of aromatic nitrogens is 1. The first-order valence-corrected chi connectivity index (χ1v) is 11.0. The first-order chi connectivity index (χ1) is 12.4. The minimum Gasteiger partial charge on any atom is -0.381 e. The molecule has 0 bridgehead atoms. The Morgan fingerprint density at radius 1 is 1.27 bits per heavy atom. The van der Waals surface area contributed by atoms with Crippen LogP contribution in [0.3, 0.4) is 0 Å². The number of carbonyl (C=O) groups is 1. The molecule has 3 rings (SSSR count). The van der Waals surface area contributed by atoms with Crippen LogP contribution in [-0.2, 0) is 19.6 Å². The second-order valence-electron chi connectivity index (χ2n) is 7.16. The zero-order chi connectivity index (χ0) is 18.6. The number of nitrogens with one attached hydrogen (secondary N) is 1. The van der Waals surface area contributed by atoms with E-state index in [-0.39, 0.29) is 17.9 Å². The lowest BCUT2D eigenvalue weighted by Gasteiger charge is -2.34. The summed E-state index contributed by atoms with van der Waals surface area (Å²) in [5, 5.41) is 3.22. The van der Waals surface area contributed by atoms with Gasteiger partial charge in [0.05, 0.1) is 12.3 Å². The normalized spacial score (nSPS) is 22.0. The van der Waals surface area contributed by atoms with E-state index in [0.717, 1.165) is 18.4 Å². The summed E-state index contributed by atoms with van der Waals surface area (Å²) >= 11 is 0. The monoisotopic (exact) mass is 381 g/mol. The van der Waals surface area contributed by atoms with Crippen molar-refractivity contribution in [3.05, 3.63) is 30.1 Å². The Bertz CT molecular complexity index is 696. The molecule has 2 aliphatic heterocycles. The first-order valence-electron chi connectivity index (χ1n) is 9.18. The number of sulfonamides is 1. The third kappa shape index (κ3) is 4.81. The van der Waals surface area contributed by atoms with E-state index in [4.69, 9.17) is 4.74 Å². The number of nitrogens with zero attached hydrogens (tertiary/aromatic N) is 2. The number of hydrogen-bond acceptors (Lipinski definition) is 5. The van der Waals surface area contributed by atoms with Gasteiger partial charge in [-0.05, 0) is 43.2 Å². The summed E-state index contributed by atoms with van der Waals surface area (Å²) in [6, 6.07) is 3.81. The minimum atomic E-state index is -3.18. The number of carbonyl (C=O) groups excluding carboxylic acids is 1. The number of piperidine rings is 1. The average molecular weight is 381 g/mol. The largest absolute Gasteiger partial charge is 0.381 e. The van der Waals surface area contributed by atoms with Crippen LogP contribution in [0.2, 0.25) is 0 Å².